The summed E-state index contributed by atoms with van der Waals surface area (Å²) in [5, 5.41) is 12.7. The van der Waals surface area contributed by atoms with Crippen LogP contribution in [-0.4, -0.2) is 66.8 Å². The maximum absolute atomic E-state index is 12.9. The van der Waals surface area contributed by atoms with Gasteiger partial charge in [0.15, 0.2) is 0 Å². The molecular formula is C22H27N3O5S. The number of carbonyl (C=O) groups is 2. The fraction of sp³-hybridized carbons (Fsp3) is 0.364. The summed E-state index contributed by atoms with van der Waals surface area (Å²) in [6.07, 6.45) is 0. The predicted octanol–water partition coefficient (Wildman–Crippen LogP) is 1.66. The van der Waals surface area contributed by atoms with E-state index in [0.29, 0.717) is 5.56 Å². The fourth-order valence-corrected chi connectivity index (χ4v) is 5.11. The Morgan fingerprint density at radius 3 is 2.29 bits per heavy atom. The predicted molar refractivity (Wildman–Crippen MR) is 116 cm³/mol. The summed E-state index contributed by atoms with van der Waals surface area (Å²) >= 11 is 0. The summed E-state index contributed by atoms with van der Waals surface area (Å²) < 4.78 is 27.1. The number of phenolic OH excluding ortho intramolecular Hbond substituents is 1. The highest BCUT2D eigenvalue weighted by Crippen LogP contribution is 2.27. The molecule has 1 saturated heterocycles. The average Bonchev–Trinajstić information content (AvgIpc) is 2.74. The van der Waals surface area contributed by atoms with Crippen LogP contribution in [0.15, 0.2) is 47.4 Å². The normalized spacial score (nSPS) is 16.0. The monoisotopic (exact) mass is 445 g/mol. The van der Waals surface area contributed by atoms with Crippen molar-refractivity contribution in [2.45, 2.75) is 31.7 Å². The van der Waals surface area contributed by atoms with E-state index in [1.165, 1.54) is 16.4 Å². The van der Waals surface area contributed by atoms with E-state index in [2.05, 4.69) is 5.32 Å². The second-order valence-electron chi connectivity index (χ2n) is 7.77. The Balaban J connectivity index is 1.61. The molecule has 31 heavy (non-hydrogen) atoms. The molecule has 0 saturated carbocycles. The molecule has 0 bridgehead atoms. The van der Waals surface area contributed by atoms with Crippen LogP contribution in [0.5, 0.6) is 5.75 Å². The Morgan fingerprint density at radius 1 is 1.00 bits per heavy atom. The number of hydrogen-bond acceptors (Lipinski definition) is 5. The third-order valence-electron chi connectivity index (χ3n) is 5.28. The summed E-state index contributed by atoms with van der Waals surface area (Å²) in [5.41, 5.74) is 2.15. The largest absolute Gasteiger partial charge is 0.507 e. The average molecular weight is 446 g/mol. The van der Waals surface area contributed by atoms with Crippen molar-refractivity contribution in [2.75, 3.05) is 26.2 Å². The molecule has 3 rings (SSSR count). The van der Waals surface area contributed by atoms with Crippen molar-refractivity contribution in [3.8, 4) is 5.75 Å². The van der Waals surface area contributed by atoms with Crippen molar-refractivity contribution in [1.82, 2.24) is 14.5 Å². The lowest BCUT2D eigenvalue weighted by Crippen LogP contribution is -2.55. The highest BCUT2D eigenvalue weighted by atomic mass is 32.2. The summed E-state index contributed by atoms with van der Waals surface area (Å²) in [5.74, 6) is -0.895. The summed E-state index contributed by atoms with van der Waals surface area (Å²) in [6, 6.07) is 10.8. The lowest BCUT2D eigenvalue weighted by Gasteiger charge is -2.35. The maximum Gasteiger partial charge on any atom is 0.251 e. The smallest absolute Gasteiger partial charge is 0.251 e. The fourth-order valence-electron chi connectivity index (χ4n) is 3.52. The first kappa shape index (κ1) is 22.8. The minimum atomic E-state index is -3.87. The summed E-state index contributed by atoms with van der Waals surface area (Å²) in [4.78, 5) is 26.6. The van der Waals surface area contributed by atoms with Crippen LogP contribution in [0.4, 0.5) is 0 Å². The molecule has 1 heterocycles. The molecule has 8 nitrogen and oxygen atoms in total. The van der Waals surface area contributed by atoms with Crippen LogP contribution in [0.1, 0.15) is 28.4 Å². The van der Waals surface area contributed by atoms with E-state index in [9.17, 15) is 23.1 Å². The van der Waals surface area contributed by atoms with Crippen LogP contribution < -0.4 is 5.32 Å². The summed E-state index contributed by atoms with van der Waals surface area (Å²) in [7, 11) is -3.87. The lowest BCUT2D eigenvalue weighted by atomic mass is 10.1. The molecule has 1 aliphatic heterocycles. The van der Waals surface area contributed by atoms with Gasteiger partial charge < -0.3 is 15.3 Å². The van der Waals surface area contributed by atoms with Gasteiger partial charge in [-0.05, 0) is 50.6 Å². The quantitative estimate of drug-likeness (QED) is 0.728. The second-order valence-corrected chi connectivity index (χ2v) is 9.67. The number of phenols is 1. The first-order chi connectivity index (χ1) is 14.6. The van der Waals surface area contributed by atoms with Crippen molar-refractivity contribution in [3.05, 3.63) is 59.2 Å². The Hall–Kier alpha value is -2.91. The van der Waals surface area contributed by atoms with Gasteiger partial charge in [-0.2, -0.15) is 4.31 Å². The molecule has 0 spiro atoms. The van der Waals surface area contributed by atoms with Gasteiger partial charge in [-0.15, -0.1) is 0 Å². The molecule has 1 fully saturated rings. The molecule has 2 aromatic rings. The minimum Gasteiger partial charge on any atom is -0.507 e. The molecule has 2 aromatic carbocycles. The molecule has 2 N–H and O–H groups in total. The highest BCUT2D eigenvalue weighted by Gasteiger charge is 2.33. The van der Waals surface area contributed by atoms with Crippen molar-refractivity contribution in [3.63, 3.8) is 0 Å². The number of sulfonamides is 1. The molecule has 0 radical (unpaired) electrons. The van der Waals surface area contributed by atoms with Gasteiger partial charge >= 0.3 is 0 Å². The molecule has 1 aliphatic rings. The number of benzene rings is 2. The summed E-state index contributed by atoms with van der Waals surface area (Å²) in [6.45, 7) is 5.88. The standard InChI is InChI=1S/C22H27N3O5S/c1-15-5-4-6-18(13-15)21(27)23-17(3)22(28)24-9-11-25(12-10-24)31(29,30)20-14-16(2)7-8-19(20)26/h4-8,13-14,17,26H,9-12H2,1-3H3,(H,23,27). The second kappa shape index (κ2) is 9.07. The Labute approximate surface area is 182 Å². The van der Waals surface area contributed by atoms with Crippen LogP contribution in [0.2, 0.25) is 0 Å². The first-order valence-corrected chi connectivity index (χ1v) is 11.5. The SMILES string of the molecule is Cc1cccc(C(=O)NC(C)C(=O)N2CCN(S(=O)(=O)c3cc(C)ccc3O)CC2)c1. The molecule has 9 heteroatoms. The van der Waals surface area contributed by atoms with Gasteiger partial charge in [0, 0.05) is 31.7 Å². The van der Waals surface area contributed by atoms with Gasteiger partial charge in [-0.1, -0.05) is 23.8 Å². The minimum absolute atomic E-state index is 0.111. The van der Waals surface area contributed by atoms with Crippen molar-refractivity contribution in [2.24, 2.45) is 0 Å². The number of carbonyl (C=O) groups excluding carboxylic acids is 2. The maximum atomic E-state index is 12.9. The van der Waals surface area contributed by atoms with E-state index in [-0.39, 0.29) is 48.6 Å². The number of hydrogen-bond donors (Lipinski definition) is 2. The molecular weight excluding hydrogens is 418 g/mol. The van der Waals surface area contributed by atoms with Gasteiger partial charge in [0.1, 0.15) is 16.7 Å². The van der Waals surface area contributed by atoms with E-state index in [1.54, 1.807) is 43.0 Å². The van der Waals surface area contributed by atoms with Crippen LogP contribution >= 0.6 is 0 Å². The van der Waals surface area contributed by atoms with Gasteiger partial charge in [0.25, 0.3) is 5.91 Å². The Kier molecular flexibility index (Phi) is 6.66. The third-order valence-corrected chi connectivity index (χ3v) is 7.21. The first-order valence-electron chi connectivity index (χ1n) is 10.1. The number of aryl methyl sites for hydroxylation is 2. The van der Waals surface area contributed by atoms with E-state index >= 15 is 0 Å². The number of rotatable bonds is 5. The van der Waals surface area contributed by atoms with Gasteiger partial charge in [-0.3, -0.25) is 9.59 Å². The van der Waals surface area contributed by atoms with Crippen LogP contribution in [-0.2, 0) is 14.8 Å². The Bertz CT molecular complexity index is 1090. The number of piperazine rings is 1. The van der Waals surface area contributed by atoms with Gasteiger partial charge in [-0.25, -0.2) is 8.42 Å². The highest BCUT2D eigenvalue weighted by molar-refractivity contribution is 7.89. The van der Waals surface area contributed by atoms with Crippen molar-refractivity contribution >= 4 is 21.8 Å². The third kappa shape index (κ3) is 5.05. The molecule has 1 atom stereocenters. The number of amides is 2. The van der Waals surface area contributed by atoms with E-state index in [1.807, 2.05) is 13.0 Å². The number of nitrogens with zero attached hydrogens (tertiary/aromatic N) is 2. The van der Waals surface area contributed by atoms with Crippen LogP contribution in [0.3, 0.4) is 0 Å². The zero-order valence-electron chi connectivity index (χ0n) is 17.8. The molecule has 1 unspecified atom stereocenters. The van der Waals surface area contributed by atoms with Crippen molar-refractivity contribution < 1.29 is 23.1 Å². The topological polar surface area (TPSA) is 107 Å². The van der Waals surface area contributed by atoms with E-state index in [4.69, 9.17) is 0 Å². The zero-order valence-corrected chi connectivity index (χ0v) is 18.6. The van der Waals surface area contributed by atoms with Crippen molar-refractivity contribution in [1.29, 1.82) is 0 Å². The van der Waals surface area contributed by atoms with E-state index in [0.717, 1.165) is 11.1 Å². The molecule has 0 aliphatic carbocycles. The Morgan fingerprint density at radius 2 is 1.65 bits per heavy atom. The van der Waals surface area contributed by atoms with Crippen LogP contribution in [0, 0.1) is 13.8 Å². The van der Waals surface area contributed by atoms with Crippen LogP contribution in [0.25, 0.3) is 0 Å². The number of aromatic hydroxyl groups is 1. The van der Waals surface area contributed by atoms with Gasteiger partial charge in [0.2, 0.25) is 15.9 Å². The van der Waals surface area contributed by atoms with Gasteiger partial charge in [0.05, 0.1) is 0 Å². The lowest BCUT2D eigenvalue weighted by molar-refractivity contribution is -0.134. The molecule has 2 amide bonds. The zero-order chi connectivity index (χ0) is 22.8. The molecule has 0 aromatic heterocycles. The molecule has 166 valence electrons. The number of nitrogens with one attached hydrogen (secondary N) is 1. The van der Waals surface area contributed by atoms with E-state index < -0.39 is 16.1 Å².